The molecule has 0 aromatic heterocycles. The number of phenols is 1. The number of hydrogen-bond acceptors (Lipinski definition) is 3. The highest BCUT2D eigenvalue weighted by Crippen LogP contribution is 2.31. The molecule has 4 nitrogen and oxygen atoms in total. The molecule has 0 spiro atoms. The van der Waals surface area contributed by atoms with Crippen LogP contribution >= 0.6 is 0 Å². The first-order valence-electron chi connectivity index (χ1n) is 6.26. The smallest absolute Gasteiger partial charge is 0.261 e. The van der Waals surface area contributed by atoms with Crippen molar-refractivity contribution in [1.29, 1.82) is 0 Å². The molecular weight excluding hydrogens is 254 g/mol. The van der Waals surface area contributed by atoms with Gasteiger partial charge in [-0.25, -0.2) is 0 Å². The summed E-state index contributed by atoms with van der Waals surface area (Å²) in [4.78, 5) is 14.0. The van der Waals surface area contributed by atoms with Gasteiger partial charge in [0.05, 0.1) is 12.7 Å². The van der Waals surface area contributed by atoms with Crippen LogP contribution in [0.15, 0.2) is 42.5 Å². The minimum Gasteiger partial charge on any atom is -0.504 e. The summed E-state index contributed by atoms with van der Waals surface area (Å²) in [5, 5.41) is 10.1. The van der Waals surface area contributed by atoms with Crippen molar-refractivity contribution in [3.05, 3.63) is 53.6 Å². The third kappa shape index (κ3) is 2.45. The molecule has 104 valence electrons. The van der Waals surface area contributed by atoms with Crippen molar-refractivity contribution in [3.63, 3.8) is 0 Å². The van der Waals surface area contributed by atoms with E-state index in [-0.39, 0.29) is 23.0 Å². The number of ether oxygens (including phenoxy) is 1. The Labute approximate surface area is 118 Å². The highest BCUT2D eigenvalue weighted by atomic mass is 16.5. The number of benzene rings is 2. The SMILES string of the molecule is COc1cccc(C(=O)N(C)c2ccccc2C)c1O. The van der Waals surface area contributed by atoms with Gasteiger partial charge in [-0.15, -0.1) is 0 Å². The first kappa shape index (κ1) is 13.9. The van der Waals surface area contributed by atoms with Crippen LogP contribution < -0.4 is 9.64 Å². The largest absolute Gasteiger partial charge is 0.504 e. The molecule has 0 bridgehead atoms. The first-order valence-corrected chi connectivity index (χ1v) is 6.26. The van der Waals surface area contributed by atoms with Crippen molar-refractivity contribution in [3.8, 4) is 11.5 Å². The van der Waals surface area contributed by atoms with Crippen LogP contribution in [-0.2, 0) is 0 Å². The molecule has 0 unspecified atom stereocenters. The van der Waals surface area contributed by atoms with Gasteiger partial charge in [0.25, 0.3) is 5.91 Å². The quantitative estimate of drug-likeness (QED) is 0.933. The van der Waals surface area contributed by atoms with Crippen LogP contribution in [0.3, 0.4) is 0 Å². The van der Waals surface area contributed by atoms with Crippen molar-refractivity contribution < 1.29 is 14.6 Å². The average Bonchev–Trinajstić information content (AvgIpc) is 2.46. The fourth-order valence-electron chi connectivity index (χ4n) is 2.09. The lowest BCUT2D eigenvalue weighted by molar-refractivity contribution is 0.0989. The van der Waals surface area contributed by atoms with E-state index in [1.165, 1.54) is 12.0 Å². The molecule has 0 atom stereocenters. The van der Waals surface area contributed by atoms with E-state index in [0.29, 0.717) is 0 Å². The number of aromatic hydroxyl groups is 1. The van der Waals surface area contributed by atoms with Crippen molar-refractivity contribution in [2.75, 3.05) is 19.1 Å². The van der Waals surface area contributed by atoms with Gasteiger partial charge in [-0.05, 0) is 30.7 Å². The maximum Gasteiger partial charge on any atom is 0.261 e. The number of aryl methyl sites for hydroxylation is 1. The Kier molecular flexibility index (Phi) is 3.94. The van der Waals surface area contributed by atoms with Gasteiger partial charge in [0.1, 0.15) is 0 Å². The van der Waals surface area contributed by atoms with Gasteiger partial charge in [0, 0.05) is 12.7 Å². The number of amides is 1. The second-order valence-corrected chi connectivity index (χ2v) is 4.51. The van der Waals surface area contributed by atoms with E-state index in [4.69, 9.17) is 4.74 Å². The third-order valence-electron chi connectivity index (χ3n) is 3.23. The number of anilines is 1. The highest BCUT2D eigenvalue weighted by molar-refractivity contribution is 6.08. The summed E-state index contributed by atoms with van der Waals surface area (Å²) in [7, 11) is 3.14. The molecule has 0 saturated heterocycles. The van der Waals surface area contributed by atoms with Crippen LogP contribution in [0.25, 0.3) is 0 Å². The van der Waals surface area contributed by atoms with Gasteiger partial charge < -0.3 is 14.7 Å². The van der Waals surface area contributed by atoms with Crippen molar-refractivity contribution in [2.24, 2.45) is 0 Å². The fraction of sp³-hybridized carbons (Fsp3) is 0.188. The molecule has 0 fully saturated rings. The number of nitrogens with zero attached hydrogens (tertiary/aromatic N) is 1. The van der Waals surface area contributed by atoms with Gasteiger partial charge in [-0.2, -0.15) is 0 Å². The second kappa shape index (κ2) is 5.65. The normalized spacial score (nSPS) is 10.2. The molecule has 2 aromatic rings. The molecule has 0 saturated carbocycles. The zero-order valence-electron chi connectivity index (χ0n) is 11.8. The molecule has 0 heterocycles. The Morgan fingerprint density at radius 3 is 2.50 bits per heavy atom. The lowest BCUT2D eigenvalue weighted by Gasteiger charge is -2.20. The van der Waals surface area contributed by atoms with Crippen molar-refractivity contribution in [2.45, 2.75) is 6.92 Å². The number of para-hydroxylation sites is 2. The summed E-state index contributed by atoms with van der Waals surface area (Å²) < 4.78 is 5.02. The topological polar surface area (TPSA) is 49.8 Å². The first-order chi connectivity index (χ1) is 9.56. The Hall–Kier alpha value is -2.49. The van der Waals surface area contributed by atoms with Gasteiger partial charge in [0.2, 0.25) is 0 Å². The number of carbonyl (C=O) groups is 1. The van der Waals surface area contributed by atoms with Crippen LogP contribution in [0.4, 0.5) is 5.69 Å². The van der Waals surface area contributed by atoms with Gasteiger partial charge in [-0.3, -0.25) is 4.79 Å². The van der Waals surface area contributed by atoms with Crippen LogP contribution in [0.5, 0.6) is 11.5 Å². The third-order valence-corrected chi connectivity index (χ3v) is 3.23. The summed E-state index contributed by atoms with van der Waals surface area (Å²) in [6.45, 7) is 1.94. The number of methoxy groups -OCH3 is 1. The Bertz CT molecular complexity index is 637. The van der Waals surface area contributed by atoms with E-state index in [9.17, 15) is 9.90 Å². The Morgan fingerprint density at radius 2 is 1.85 bits per heavy atom. The van der Waals surface area contributed by atoms with Crippen LogP contribution in [-0.4, -0.2) is 25.2 Å². The Balaban J connectivity index is 2.39. The molecule has 20 heavy (non-hydrogen) atoms. The van der Waals surface area contributed by atoms with E-state index in [1.54, 1.807) is 25.2 Å². The molecule has 0 aliphatic carbocycles. The highest BCUT2D eigenvalue weighted by Gasteiger charge is 2.20. The summed E-state index contributed by atoms with van der Waals surface area (Å²) in [5.74, 6) is -0.134. The van der Waals surface area contributed by atoms with Crippen LogP contribution in [0.1, 0.15) is 15.9 Å². The lowest BCUT2D eigenvalue weighted by atomic mass is 10.1. The Morgan fingerprint density at radius 1 is 1.15 bits per heavy atom. The zero-order valence-corrected chi connectivity index (χ0v) is 11.8. The molecule has 2 aromatic carbocycles. The maximum atomic E-state index is 12.5. The van der Waals surface area contributed by atoms with Crippen LogP contribution in [0.2, 0.25) is 0 Å². The number of rotatable bonds is 3. The summed E-state index contributed by atoms with van der Waals surface area (Å²) in [6.07, 6.45) is 0. The molecule has 0 radical (unpaired) electrons. The van der Waals surface area contributed by atoms with Crippen LogP contribution in [0, 0.1) is 6.92 Å². The molecule has 2 rings (SSSR count). The maximum absolute atomic E-state index is 12.5. The standard InChI is InChI=1S/C16H17NO3/c1-11-7-4-5-9-13(11)17(2)16(19)12-8-6-10-14(20-3)15(12)18/h4-10,18H,1-3H3. The molecule has 0 aliphatic heterocycles. The molecule has 0 aliphatic rings. The number of hydrogen-bond donors (Lipinski definition) is 1. The average molecular weight is 271 g/mol. The number of carbonyl (C=O) groups excluding carboxylic acids is 1. The minimum absolute atomic E-state index is 0.138. The molecule has 1 amide bonds. The van der Waals surface area contributed by atoms with Crippen molar-refractivity contribution in [1.82, 2.24) is 0 Å². The lowest BCUT2D eigenvalue weighted by Crippen LogP contribution is -2.27. The van der Waals surface area contributed by atoms with Gasteiger partial charge in [0.15, 0.2) is 11.5 Å². The molecule has 1 N–H and O–H groups in total. The van der Waals surface area contributed by atoms with E-state index < -0.39 is 0 Å². The fourth-order valence-corrected chi connectivity index (χ4v) is 2.09. The van der Waals surface area contributed by atoms with E-state index in [1.807, 2.05) is 31.2 Å². The van der Waals surface area contributed by atoms with Gasteiger partial charge in [-0.1, -0.05) is 24.3 Å². The summed E-state index contributed by atoms with van der Waals surface area (Å²) in [6, 6.07) is 12.5. The summed E-state index contributed by atoms with van der Waals surface area (Å²) >= 11 is 0. The minimum atomic E-state index is -0.282. The number of phenolic OH excluding ortho intramolecular Hbond substituents is 1. The van der Waals surface area contributed by atoms with Crippen molar-refractivity contribution >= 4 is 11.6 Å². The van der Waals surface area contributed by atoms with Gasteiger partial charge >= 0.3 is 0 Å². The van der Waals surface area contributed by atoms with E-state index >= 15 is 0 Å². The molecular formula is C16H17NO3. The van der Waals surface area contributed by atoms with E-state index in [2.05, 4.69) is 0 Å². The zero-order chi connectivity index (χ0) is 14.7. The van der Waals surface area contributed by atoms with E-state index in [0.717, 1.165) is 11.3 Å². The summed E-state index contributed by atoms with van der Waals surface area (Å²) in [5.41, 5.74) is 2.01. The predicted molar refractivity (Wildman–Crippen MR) is 78.6 cm³/mol. The second-order valence-electron chi connectivity index (χ2n) is 4.51. The predicted octanol–water partition coefficient (Wildman–Crippen LogP) is 2.99. The molecule has 4 heteroatoms. The monoisotopic (exact) mass is 271 g/mol.